The molecular formula is C18H13ClN4O2. The number of aryl methyl sites for hydroxylation is 2. The molecule has 2 aromatic heterocycles. The highest BCUT2D eigenvalue weighted by Crippen LogP contribution is 2.25. The van der Waals surface area contributed by atoms with Crippen LogP contribution in [0.5, 0.6) is 0 Å². The van der Waals surface area contributed by atoms with E-state index in [-0.39, 0.29) is 5.56 Å². The molecule has 0 spiro atoms. The average Bonchev–Trinajstić information content (AvgIpc) is 3.09. The number of rotatable bonds is 2. The van der Waals surface area contributed by atoms with Crippen molar-refractivity contribution in [3.05, 3.63) is 63.5 Å². The average molecular weight is 353 g/mol. The third kappa shape index (κ3) is 2.70. The molecular weight excluding hydrogens is 340 g/mol. The van der Waals surface area contributed by atoms with Gasteiger partial charge in [0.1, 0.15) is 5.69 Å². The Labute approximate surface area is 147 Å². The van der Waals surface area contributed by atoms with Crippen LogP contribution in [0.4, 0.5) is 0 Å². The number of fused-ring (bicyclic) bond motifs is 1. The fraction of sp³-hybridized carbons (Fsp3) is 0.111. The number of hydrogen-bond acceptors (Lipinski definition) is 5. The van der Waals surface area contributed by atoms with Gasteiger partial charge in [-0.25, -0.2) is 4.98 Å². The standard InChI is InChI=1S/C18H13ClN4O2/c1-10-18(24)23(2)15-7-6-11(9-14(15)20-10)16-21-17(25-22-16)12-4-3-5-13(19)8-12/h3-9H,1-2H3. The van der Waals surface area contributed by atoms with Crippen LogP contribution < -0.4 is 5.56 Å². The molecule has 0 amide bonds. The Morgan fingerprint density at radius 3 is 2.72 bits per heavy atom. The van der Waals surface area contributed by atoms with E-state index in [0.717, 1.165) is 16.6 Å². The lowest BCUT2D eigenvalue weighted by molar-refractivity contribution is 0.432. The van der Waals surface area contributed by atoms with Crippen LogP contribution in [0.1, 0.15) is 5.69 Å². The summed E-state index contributed by atoms with van der Waals surface area (Å²) in [6, 6.07) is 12.7. The van der Waals surface area contributed by atoms with E-state index in [1.807, 2.05) is 30.3 Å². The zero-order chi connectivity index (χ0) is 17.6. The minimum atomic E-state index is -0.108. The smallest absolute Gasteiger partial charge is 0.272 e. The number of benzene rings is 2. The topological polar surface area (TPSA) is 73.8 Å². The first-order valence-electron chi connectivity index (χ1n) is 7.60. The van der Waals surface area contributed by atoms with Crippen LogP contribution in [0.25, 0.3) is 33.9 Å². The molecule has 0 fully saturated rings. The third-order valence-corrected chi connectivity index (χ3v) is 4.23. The van der Waals surface area contributed by atoms with Gasteiger partial charge < -0.3 is 9.09 Å². The third-order valence-electron chi connectivity index (χ3n) is 3.99. The van der Waals surface area contributed by atoms with Crippen LogP contribution in [-0.4, -0.2) is 19.7 Å². The van der Waals surface area contributed by atoms with Crippen LogP contribution in [0.2, 0.25) is 5.02 Å². The second-order valence-electron chi connectivity index (χ2n) is 5.70. The zero-order valence-electron chi connectivity index (χ0n) is 13.5. The molecule has 25 heavy (non-hydrogen) atoms. The summed E-state index contributed by atoms with van der Waals surface area (Å²) in [5.74, 6) is 0.840. The number of halogens is 1. The first-order chi connectivity index (χ1) is 12.0. The molecule has 4 aromatic rings. The van der Waals surface area contributed by atoms with E-state index in [1.165, 1.54) is 0 Å². The van der Waals surface area contributed by atoms with Crippen molar-refractivity contribution in [2.24, 2.45) is 7.05 Å². The predicted octanol–water partition coefficient (Wildman–Crippen LogP) is 3.61. The minimum Gasteiger partial charge on any atom is -0.334 e. The molecule has 6 nitrogen and oxygen atoms in total. The molecule has 4 rings (SSSR count). The molecule has 0 aliphatic rings. The molecule has 2 heterocycles. The highest BCUT2D eigenvalue weighted by Gasteiger charge is 2.13. The Bertz CT molecular complexity index is 1160. The number of nitrogens with zero attached hydrogens (tertiary/aromatic N) is 4. The maximum Gasteiger partial charge on any atom is 0.272 e. The summed E-state index contributed by atoms with van der Waals surface area (Å²) in [7, 11) is 1.73. The Kier molecular flexibility index (Phi) is 3.62. The Morgan fingerprint density at radius 1 is 1.08 bits per heavy atom. The van der Waals surface area contributed by atoms with Gasteiger partial charge in [0.15, 0.2) is 0 Å². The molecule has 124 valence electrons. The summed E-state index contributed by atoms with van der Waals surface area (Å²) in [5, 5.41) is 4.64. The van der Waals surface area contributed by atoms with Gasteiger partial charge in [0.05, 0.1) is 11.0 Å². The van der Waals surface area contributed by atoms with Crippen molar-refractivity contribution in [1.29, 1.82) is 0 Å². The Morgan fingerprint density at radius 2 is 1.92 bits per heavy atom. The van der Waals surface area contributed by atoms with Gasteiger partial charge in [-0.15, -0.1) is 0 Å². The van der Waals surface area contributed by atoms with Crippen LogP contribution in [-0.2, 0) is 7.05 Å². The Hall–Kier alpha value is -2.99. The minimum absolute atomic E-state index is 0.108. The maximum absolute atomic E-state index is 12.0. The maximum atomic E-state index is 12.0. The lowest BCUT2D eigenvalue weighted by Gasteiger charge is -2.06. The highest BCUT2D eigenvalue weighted by molar-refractivity contribution is 6.30. The normalized spacial score (nSPS) is 11.2. The van der Waals surface area contributed by atoms with Crippen molar-refractivity contribution in [3.63, 3.8) is 0 Å². The van der Waals surface area contributed by atoms with E-state index in [4.69, 9.17) is 16.1 Å². The van der Waals surface area contributed by atoms with Gasteiger partial charge in [-0.05, 0) is 43.3 Å². The van der Waals surface area contributed by atoms with E-state index in [9.17, 15) is 4.79 Å². The van der Waals surface area contributed by atoms with Crippen molar-refractivity contribution in [1.82, 2.24) is 19.7 Å². The van der Waals surface area contributed by atoms with E-state index >= 15 is 0 Å². The number of aromatic nitrogens is 4. The molecule has 2 aromatic carbocycles. The second kappa shape index (κ2) is 5.82. The summed E-state index contributed by atoms with van der Waals surface area (Å²) in [6.07, 6.45) is 0. The van der Waals surface area contributed by atoms with Crippen molar-refractivity contribution in [2.75, 3.05) is 0 Å². The fourth-order valence-electron chi connectivity index (χ4n) is 2.70. The van der Waals surface area contributed by atoms with Crippen molar-refractivity contribution in [3.8, 4) is 22.8 Å². The lowest BCUT2D eigenvalue weighted by atomic mass is 10.1. The van der Waals surface area contributed by atoms with Gasteiger partial charge >= 0.3 is 0 Å². The molecule has 0 N–H and O–H groups in total. The summed E-state index contributed by atoms with van der Waals surface area (Å²) >= 11 is 6.00. The van der Waals surface area contributed by atoms with E-state index in [0.29, 0.717) is 27.9 Å². The zero-order valence-corrected chi connectivity index (χ0v) is 14.3. The molecule has 0 saturated carbocycles. The van der Waals surface area contributed by atoms with E-state index in [2.05, 4.69) is 15.1 Å². The Balaban J connectivity index is 1.80. The van der Waals surface area contributed by atoms with Crippen LogP contribution in [0.3, 0.4) is 0 Å². The largest absolute Gasteiger partial charge is 0.334 e. The first-order valence-corrected chi connectivity index (χ1v) is 7.98. The highest BCUT2D eigenvalue weighted by atomic mass is 35.5. The summed E-state index contributed by atoms with van der Waals surface area (Å²) in [4.78, 5) is 20.8. The van der Waals surface area contributed by atoms with Gasteiger partial charge in [0, 0.05) is 23.2 Å². The molecule has 0 unspecified atom stereocenters. The van der Waals surface area contributed by atoms with E-state index < -0.39 is 0 Å². The molecule has 0 aliphatic heterocycles. The van der Waals surface area contributed by atoms with E-state index in [1.54, 1.807) is 30.7 Å². The molecule has 0 bridgehead atoms. The van der Waals surface area contributed by atoms with Gasteiger partial charge in [0.2, 0.25) is 5.82 Å². The monoisotopic (exact) mass is 352 g/mol. The van der Waals surface area contributed by atoms with Gasteiger partial charge in [0.25, 0.3) is 11.4 Å². The van der Waals surface area contributed by atoms with Gasteiger partial charge in [-0.3, -0.25) is 4.79 Å². The first kappa shape index (κ1) is 15.5. The fourth-order valence-corrected chi connectivity index (χ4v) is 2.89. The molecule has 7 heteroatoms. The second-order valence-corrected chi connectivity index (χ2v) is 6.13. The summed E-state index contributed by atoms with van der Waals surface area (Å²) in [5.41, 5.74) is 3.30. The predicted molar refractivity (Wildman–Crippen MR) is 95.5 cm³/mol. The van der Waals surface area contributed by atoms with Crippen molar-refractivity contribution in [2.45, 2.75) is 6.92 Å². The van der Waals surface area contributed by atoms with Crippen molar-refractivity contribution >= 4 is 22.6 Å². The molecule has 0 saturated heterocycles. The molecule has 0 atom stereocenters. The van der Waals surface area contributed by atoms with Crippen LogP contribution in [0.15, 0.2) is 51.8 Å². The molecule has 0 aliphatic carbocycles. The lowest BCUT2D eigenvalue weighted by Crippen LogP contribution is -2.20. The van der Waals surface area contributed by atoms with Crippen LogP contribution >= 0.6 is 11.6 Å². The SMILES string of the molecule is Cc1nc2cc(-c3noc(-c4cccc(Cl)c4)n3)ccc2n(C)c1=O. The number of hydrogen-bond donors (Lipinski definition) is 0. The van der Waals surface area contributed by atoms with Gasteiger partial charge in [-0.2, -0.15) is 4.98 Å². The van der Waals surface area contributed by atoms with Gasteiger partial charge in [-0.1, -0.05) is 22.8 Å². The quantitative estimate of drug-likeness (QED) is 0.551. The summed E-state index contributed by atoms with van der Waals surface area (Å²) < 4.78 is 6.92. The molecule has 0 radical (unpaired) electrons. The van der Waals surface area contributed by atoms with Crippen molar-refractivity contribution < 1.29 is 4.52 Å². The summed E-state index contributed by atoms with van der Waals surface area (Å²) in [6.45, 7) is 1.69. The van der Waals surface area contributed by atoms with Crippen LogP contribution in [0, 0.1) is 6.92 Å².